The van der Waals surface area contributed by atoms with Crippen molar-refractivity contribution in [3.63, 3.8) is 0 Å². The van der Waals surface area contributed by atoms with Crippen LogP contribution in [0.15, 0.2) is 130 Å². The number of fused-ring (bicyclic) bond motifs is 6. The quantitative estimate of drug-likeness (QED) is 0.153. The molecule has 2 nitrogen and oxygen atoms in total. The first-order valence-electron chi connectivity index (χ1n) is 16.9. The molecule has 238 valence electrons. The summed E-state index contributed by atoms with van der Waals surface area (Å²) in [6.45, 7) is 9.20. The predicted molar refractivity (Wildman–Crippen MR) is 213 cm³/mol. The molecule has 2 heterocycles. The fourth-order valence-electron chi connectivity index (χ4n) is 7.58. The highest BCUT2D eigenvalue weighted by molar-refractivity contribution is 9.10. The second-order valence-electron chi connectivity index (χ2n) is 13.9. The van der Waals surface area contributed by atoms with E-state index in [1.807, 2.05) is 0 Å². The third-order valence-corrected chi connectivity index (χ3v) is 10.5. The molecule has 0 N–H and O–H groups in total. The van der Waals surface area contributed by atoms with E-state index in [0.29, 0.717) is 11.8 Å². The van der Waals surface area contributed by atoms with Gasteiger partial charge in [-0.1, -0.05) is 120 Å². The Kier molecular flexibility index (Phi) is 8.05. The van der Waals surface area contributed by atoms with Crippen LogP contribution in [0.4, 0.5) is 0 Å². The Morgan fingerprint density at radius 3 is 1.23 bits per heavy atom. The number of benzene rings is 6. The fourth-order valence-corrected chi connectivity index (χ4v) is 8.30. The summed E-state index contributed by atoms with van der Waals surface area (Å²) in [6.07, 6.45) is 2.09. The highest BCUT2D eigenvalue weighted by Crippen LogP contribution is 2.39. The van der Waals surface area contributed by atoms with E-state index in [2.05, 4.69) is 190 Å². The maximum Gasteiger partial charge on any atom is 0.0573 e. The van der Waals surface area contributed by atoms with Gasteiger partial charge in [0, 0.05) is 41.9 Å². The van der Waals surface area contributed by atoms with Crippen molar-refractivity contribution in [1.29, 1.82) is 0 Å². The highest BCUT2D eigenvalue weighted by atomic mass is 79.9. The van der Waals surface area contributed by atoms with Crippen LogP contribution in [0.5, 0.6) is 0 Å². The minimum atomic E-state index is 0.574. The average molecular weight is 755 g/mol. The molecule has 0 fully saturated rings. The maximum absolute atomic E-state index is 3.72. The Morgan fingerprint density at radius 1 is 0.458 bits per heavy atom. The zero-order chi connectivity index (χ0) is 33.1. The Hall–Kier alpha value is -4.12. The van der Waals surface area contributed by atoms with Gasteiger partial charge in [-0.25, -0.2) is 0 Å². The van der Waals surface area contributed by atoms with Gasteiger partial charge >= 0.3 is 0 Å². The largest absolute Gasteiger partial charge is 0.309 e. The number of rotatable bonds is 7. The molecule has 6 aromatic carbocycles. The molecule has 0 aliphatic carbocycles. The third kappa shape index (κ3) is 5.40. The molecule has 0 aliphatic rings. The Morgan fingerprint density at radius 2 is 0.854 bits per heavy atom. The first-order chi connectivity index (χ1) is 23.3. The maximum atomic E-state index is 3.72. The average Bonchev–Trinajstić information content (AvgIpc) is 3.58. The Bertz CT molecular complexity index is 2290. The van der Waals surface area contributed by atoms with Crippen molar-refractivity contribution in [2.75, 3.05) is 0 Å². The molecule has 0 bridgehead atoms. The van der Waals surface area contributed by atoms with Gasteiger partial charge in [0.25, 0.3) is 0 Å². The van der Waals surface area contributed by atoms with Crippen LogP contribution in [0.2, 0.25) is 0 Å². The summed E-state index contributed by atoms with van der Waals surface area (Å²) in [6, 6.07) is 45.0. The number of nitrogens with zero attached hydrogens (tertiary/aromatic N) is 2. The van der Waals surface area contributed by atoms with Gasteiger partial charge in [-0.15, -0.1) is 0 Å². The van der Waals surface area contributed by atoms with Crippen LogP contribution in [0, 0.1) is 11.8 Å². The minimum absolute atomic E-state index is 0.574. The number of para-hydroxylation sites is 2. The highest BCUT2D eigenvalue weighted by Gasteiger charge is 2.18. The van der Waals surface area contributed by atoms with Crippen LogP contribution < -0.4 is 0 Å². The summed E-state index contributed by atoms with van der Waals surface area (Å²) in [5.41, 5.74) is 12.7. The van der Waals surface area contributed by atoms with E-state index >= 15 is 0 Å². The summed E-state index contributed by atoms with van der Waals surface area (Å²) >= 11 is 7.44. The van der Waals surface area contributed by atoms with E-state index in [1.54, 1.807) is 0 Å². The lowest BCUT2D eigenvalue weighted by Gasteiger charge is -2.14. The summed E-state index contributed by atoms with van der Waals surface area (Å²) in [5, 5.41) is 5.16. The van der Waals surface area contributed by atoms with Gasteiger partial charge in [-0.05, 0) is 108 Å². The van der Waals surface area contributed by atoms with Crippen molar-refractivity contribution in [2.45, 2.75) is 40.5 Å². The molecule has 0 atom stereocenters. The number of halogens is 2. The summed E-state index contributed by atoms with van der Waals surface area (Å²) in [4.78, 5) is 0. The molecule has 4 heteroatoms. The molecule has 0 aliphatic heterocycles. The van der Waals surface area contributed by atoms with Crippen molar-refractivity contribution < 1.29 is 0 Å². The van der Waals surface area contributed by atoms with Crippen molar-refractivity contribution in [3.05, 3.63) is 141 Å². The lowest BCUT2D eigenvalue weighted by Crippen LogP contribution is -2.00. The second kappa shape index (κ2) is 12.4. The SMILES string of the molecule is CC(C)Cc1cccc2c3cc(Br)ccc3n(-c3ccc(-c4ccc(-n5c6ccc(Br)cc6c6cccc(CC(C)C)c65)cc4)cc3)c12. The first kappa shape index (κ1) is 31.2. The number of aromatic nitrogens is 2. The van der Waals surface area contributed by atoms with Crippen LogP contribution in [-0.2, 0) is 12.8 Å². The molecule has 48 heavy (non-hydrogen) atoms. The first-order valence-corrected chi connectivity index (χ1v) is 18.5. The summed E-state index contributed by atoms with van der Waals surface area (Å²) in [5.74, 6) is 1.15. The van der Waals surface area contributed by atoms with Crippen LogP contribution >= 0.6 is 31.9 Å². The van der Waals surface area contributed by atoms with E-state index in [4.69, 9.17) is 0 Å². The smallest absolute Gasteiger partial charge is 0.0573 e. The van der Waals surface area contributed by atoms with Gasteiger partial charge in [0.05, 0.1) is 22.1 Å². The topological polar surface area (TPSA) is 9.86 Å². The van der Waals surface area contributed by atoms with E-state index in [9.17, 15) is 0 Å². The lowest BCUT2D eigenvalue weighted by atomic mass is 10.00. The Balaban J connectivity index is 1.21. The van der Waals surface area contributed by atoms with Crippen molar-refractivity contribution >= 4 is 75.5 Å². The predicted octanol–water partition coefficient (Wildman–Crippen LogP) is 13.5. The van der Waals surface area contributed by atoms with Crippen LogP contribution in [0.3, 0.4) is 0 Å². The van der Waals surface area contributed by atoms with Gasteiger partial charge in [-0.3, -0.25) is 0 Å². The van der Waals surface area contributed by atoms with Gasteiger partial charge in [-0.2, -0.15) is 0 Å². The zero-order valence-electron chi connectivity index (χ0n) is 27.8. The third-order valence-electron chi connectivity index (χ3n) is 9.51. The molecule has 0 saturated carbocycles. The van der Waals surface area contributed by atoms with Gasteiger partial charge in [0.2, 0.25) is 0 Å². The van der Waals surface area contributed by atoms with E-state index < -0.39 is 0 Å². The van der Waals surface area contributed by atoms with Crippen molar-refractivity contribution in [2.24, 2.45) is 11.8 Å². The standard InChI is InChI=1S/C44H38Br2N2/c1-27(2)23-31-7-5-9-37-39-25-33(45)15-21-41(39)47(43(31)37)35-17-11-29(12-18-35)30-13-19-36(20-14-30)48-42-22-16-34(46)26-40(42)38-10-6-8-32(44(38)48)24-28(3)4/h5-22,25-28H,23-24H2,1-4H3. The molecule has 0 spiro atoms. The number of hydrogen-bond donors (Lipinski definition) is 0. The van der Waals surface area contributed by atoms with Gasteiger partial charge < -0.3 is 9.13 Å². The van der Waals surface area contributed by atoms with Gasteiger partial charge in [0.1, 0.15) is 0 Å². The van der Waals surface area contributed by atoms with Crippen molar-refractivity contribution in [3.8, 4) is 22.5 Å². The molecule has 0 unspecified atom stereocenters. The minimum Gasteiger partial charge on any atom is -0.309 e. The fraction of sp³-hybridized carbons (Fsp3) is 0.182. The molecule has 0 amide bonds. The molecule has 0 radical (unpaired) electrons. The van der Waals surface area contributed by atoms with Crippen LogP contribution in [0.1, 0.15) is 38.8 Å². The summed E-state index contributed by atoms with van der Waals surface area (Å²) in [7, 11) is 0. The molecular weight excluding hydrogens is 716 g/mol. The Labute approximate surface area is 299 Å². The van der Waals surface area contributed by atoms with Crippen molar-refractivity contribution in [1.82, 2.24) is 9.13 Å². The van der Waals surface area contributed by atoms with E-state index in [1.165, 1.54) is 77.2 Å². The van der Waals surface area contributed by atoms with E-state index in [-0.39, 0.29) is 0 Å². The normalized spacial score (nSPS) is 12.1. The molecule has 0 saturated heterocycles. The van der Waals surface area contributed by atoms with E-state index in [0.717, 1.165) is 21.8 Å². The van der Waals surface area contributed by atoms with Crippen LogP contribution in [0.25, 0.3) is 66.1 Å². The monoisotopic (exact) mass is 752 g/mol. The summed E-state index contributed by atoms with van der Waals surface area (Å²) < 4.78 is 7.12. The lowest BCUT2D eigenvalue weighted by molar-refractivity contribution is 0.649. The molecule has 2 aromatic heterocycles. The molecule has 8 aromatic rings. The molecular formula is C44H38Br2N2. The van der Waals surface area contributed by atoms with Gasteiger partial charge in [0.15, 0.2) is 0 Å². The second-order valence-corrected chi connectivity index (χ2v) is 15.7. The zero-order valence-corrected chi connectivity index (χ0v) is 30.9. The number of hydrogen-bond acceptors (Lipinski definition) is 0. The van der Waals surface area contributed by atoms with Crippen LogP contribution in [-0.4, -0.2) is 9.13 Å². The molecule has 8 rings (SSSR count).